The molecular weight excluding hydrogens is 250 g/mol. The Bertz CT molecular complexity index is 409. The fourth-order valence-corrected chi connectivity index (χ4v) is 2.97. The highest BCUT2D eigenvalue weighted by atomic mass is 35.5. The first-order valence-electron chi connectivity index (χ1n) is 6.69. The van der Waals surface area contributed by atoms with Crippen LogP contribution in [0.3, 0.4) is 0 Å². The molecule has 18 heavy (non-hydrogen) atoms. The number of aliphatic hydroxyl groups is 1. The summed E-state index contributed by atoms with van der Waals surface area (Å²) in [6.07, 6.45) is 4.02. The van der Waals surface area contributed by atoms with Gasteiger partial charge in [-0.3, -0.25) is 4.68 Å². The minimum Gasteiger partial charge on any atom is -0.389 e. The number of hydrogen-bond donors (Lipinski definition) is 2. The molecule has 1 aliphatic heterocycles. The van der Waals surface area contributed by atoms with E-state index in [4.69, 9.17) is 11.6 Å². The van der Waals surface area contributed by atoms with Crippen molar-refractivity contribution in [1.82, 2.24) is 15.1 Å². The summed E-state index contributed by atoms with van der Waals surface area (Å²) in [5.74, 6) is 0. The predicted molar refractivity (Wildman–Crippen MR) is 73.0 cm³/mol. The molecule has 0 amide bonds. The average molecular weight is 272 g/mol. The van der Waals surface area contributed by atoms with Crippen LogP contribution in [-0.2, 0) is 19.9 Å². The van der Waals surface area contributed by atoms with Crippen LogP contribution in [0.5, 0.6) is 0 Å². The molecule has 0 aliphatic carbocycles. The maximum absolute atomic E-state index is 10.7. The molecule has 4 nitrogen and oxygen atoms in total. The van der Waals surface area contributed by atoms with Gasteiger partial charge in [0.15, 0.2) is 0 Å². The van der Waals surface area contributed by atoms with Crippen LogP contribution in [0.1, 0.15) is 37.6 Å². The minimum atomic E-state index is -0.647. The molecule has 1 aliphatic rings. The zero-order valence-corrected chi connectivity index (χ0v) is 11.9. The van der Waals surface area contributed by atoms with Crippen molar-refractivity contribution in [3.05, 3.63) is 16.4 Å². The Labute approximate surface area is 113 Å². The SMILES string of the molecule is CCc1nn(C)c(CC2(O)CCCNCC2)c1Cl. The third-order valence-corrected chi connectivity index (χ3v) is 4.20. The number of nitrogens with zero attached hydrogens (tertiary/aromatic N) is 2. The van der Waals surface area contributed by atoms with Crippen molar-refractivity contribution >= 4 is 11.6 Å². The highest BCUT2D eigenvalue weighted by molar-refractivity contribution is 6.31. The molecule has 0 spiro atoms. The van der Waals surface area contributed by atoms with Gasteiger partial charge in [0.2, 0.25) is 0 Å². The molecule has 5 heteroatoms. The normalized spacial score (nSPS) is 25.1. The van der Waals surface area contributed by atoms with Gasteiger partial charge in [-0.2, -0.15) is 5.10 Å². The van der Waals surface area contributed by atoms with Gasteiger partial charge >= 0.3 is 0 Å². The number of aryl methyl sites for hydroxylation is 2. The molecule has 0 aromatic carbocycles. The molecular formula is C13H22ClN3O. The van der Waals surface area contributed by atoms with E-state index in [1.165, 1.54) is 0 Å². The zero-order valence-electron chi connectivity index (χ0n) is 11.2. The van der Waals surface area contributed by atoms with Crippen molar-refractivity contribution in [3.8, 4) is 0 Å². The Balaban J connectivity index is 2.19. The summed E-state index contributed by atoms with van der Waals surface area (Å²) in [6.45, 7) is 3.90. The van der Waals surface area contributed by atoms with Crippen molar-refractivity contribution in [2.75, 3.05) is 13.1 Å². The standard InChI is InChI=1S/C13H22ClN3O/c1-3-10-12(14)11(17(2)16-10)9-13(18)5-4-7-15-8-6-13/h15,18H,3-9H2,1-2H3. The van der Waals surface area contributed by atoms with Crippen molar-refractivity contribution in [2.45, 2.75) is 44.6 Å². The fourth-order valence-electron chi connectivity index (χ4n) is 2.61. The van der Waals surface area contributed by atoms with Gasteiger partial charge in [0.1, 0.15) is 0 Å². The molecule has 1 atom stereocenters. The third-order valence-electron chi connectivity index (χ3n) is 3.76. The van der Waals surface area contributed by atoms with E-state index in [-0.39, 0.29) is 0 Å². The molecule has 0 radical (unpaired) electrons. The lowest BCUT2D eigenvalue weighted by molar-refractivity contribution is 0.0267. The summed E-state index contributed by atoms with van der Waals surface area (Å²) in [7, 11) is 1.90. The van der Waals surface area contributed by atoms with Gasteiger partial charge in [0, 0.05) is 13.5 Å². The number of rotatable bonds is 3. The van der Waals surface area contributed by atoms with Crippen LogP contribution in [0.15, 0.2) is 0 Å². The molecule has 0 bridgehead atoms. The number of halogens is 1. The monoisotopic (exact) mass is 271 g/mol. The summed E-state index contributed by atoms with van der Waals surface area (Å²) in [5, 5.41) is 19.1. The second-order valence-corrected chi connectivity index (χ2v) is 5.57. The second kappa shape index (κ2) is 5.59. The Morgan fingerprint density at radius 3 is 2.89 bits per heavy atom. The smallest absolute Gasteiger partial charge is 0.0850 e. The summed E-state index contributed by atoms with van der Waals surface area (Å²) < 4.78 is 1.82. The maximum atomic E-state index is 10.7. The summed E-state index contributed by atoms with van der Waals surface area (Å²) in [5.41, 5.74) is 1.23. The zero-order chi connectivity index (χ0) is 13.2. The van der Waals surface area contributed by atoms with E-state index in [2.05, 4.69) is 10.4 Å². The van der Waals surface area contributed by atoms with Crippen LogP contribution in [0, 0.1) is 0 Å². The molecule has 1 fully saturated rings. The van der Waals surface area contributed by atoms with Crippen LogP contribution in [0.2, 0.25) is 5.02 Å². The summed E-state index contributed by atoms with van der Waals surface area (Å²) >= 11 is 6.34. The molecule has 2 rings (SSSR count). The van der Waals surface area contributed by atoms with Gasteiger partial charge < -0.3 is 10.4 Å². The van der Waals surface area contributed by atoms with Gasteiger partial charge in [-0.05, 0) is 38.8 Å². The lowest BCUT2D eigenvalue weighted by Gasteiger charge is -2.26. The van der Waals surface area contributed by atoms with E-state index in [0.29, 0.717) is 6.42 Å². The Morgan fingerprint density at radius 1 is 1.44 bits per heavy atom. The number of aromatic nitrogens is 2. The lowest BCUT2D eigenvalue weighted by atomic mass is 9.89. The average Bonchev–Trinajstić information content (AvgIpc) is 2.54. The topological polar surface area (TPSA) is 50.1 Å². The third kappa shape index (κ3) is 2.87. The summed E-state index contributed by atoms with van der Waals surface area (Å²) in [6, 6.07) is 0. The van der Waals surface area contributed by atoms with Crippen molar-refractivity contribution in [2.24, 2.45) is 7.05 Å². The van der Waals surface area contributed by atoms with Crippen molar-refractivity contribution in [1.29, 1.82) is 0 Å². The van der Waals surface area contributed by atoms with E-state index >= 15 is 0 Å². The molecule has 1 saturated heterocycles. The van der Waals surface area contributed by atoms with Crippen LogP contribution in [0.4, 0.5) is 0 Å². The molecule has 0 saturated carbocycles. The van der Waals surface area contributed by atoms with Crippen LogP contribution in [0.25, 0.3) is 0 Å². The Hall–Kier alpha value is -0.580. The van der Waals surface area contributed by atoms with Gasteiger partial charge in [0.05, 0.1) is 22.0 Å². The first-order valence-corrected chi connectivity index (χ1v) is 7.07. The molecule has 2 N–H and O–H groups in total. The second-order valence-electron chi connectivity index (χ2n) is 5.19. The molecule has 1 unspecified atom stereocenters. The lowest BCUT2D eigenvalue weighted by Crippen LogP contribution is -2.33. The van der Waals surface area contributed by atoms with E-state index in [0.717, 1.165) is 55.2 Å². The van der Waals surface area contributed by atoms with Crippen LogP contribution >= 0.6 is 11.6 Å². The van der Waals surface area contributed by atoms with E-state index in [1.54, 1.807) is 0 Å². The predicted octanol–water partition coefficient (Wildman–Crippen LogP) is 1.68. The number of nitrogens with one attached hydrogen (secondary N) is 1. The van der Waals surface area contributed by atoms with E-state index < -0.39 is 5.60 Å². The first kappa shape index (κ1) is 13.8. The van der Waals surface area contributed by atoms with Gasteiger partial charge in [-0.25, -0.2) is 0 Å². The maximum Gasteiger partial charge on any atom is 0.0850 e. The van der Waals surface area contributed by atoms with E-state index in [9.17, 15) is 5.11 Å². The quantitative estimate of drug-likeness (QED) is 0.880. The van der Waals surface area contributed by atoms with Crippen molar-refractivity contribution < 1.29 is 5.11 Å². The molecule has 1 aromatic rings. The Morgan fingerprint density at radius 2 is 2.22 bits per heavy atom. The minimum absolute atomic E-state index is 0.594. The molecule has 2 heterocycles. The molecule has 102 valence electrons. The van der Waals surface area contributed by atoms with Crippen LogP contribution < -0.4 is 5.32 Å². The summed E-state index contributed by atoms with van der Waals surface area (Å²) in [4.78, 5) is 0. The highest BCUT2D eigenvalue weighted by Gasteiger charge is 2.31. The van der Waals surface area contributed by atoms with Crippen LogP contribution in [-0.4, -0.2) is 33.6 Å². The fraction of sp³-hybridized carbons (Fsp3) is 0.769. The Kier molecular flexibility index (Phi) is 4.30. The van der Waals surface area contributed by atoms with Gasteiger partial charge in [-0.1, -0.05) is 18.5 Å². The van der Waals surface area contributed by atoms with Crippen molar-refractivity contribution in [3.63, 3.8) is 0 Å². The highest BCUT2D eigenvalue weighted by Crippen LogP contribution is 2.29. The van der Waals surface area contributed by atoms with Gasteiger partial charge in [0.25, 0.3) is 0 Å². The number of hydrogen-bond acceptors (Lipinski definition) is 3. The van der Waals surface area contributed by atoms with Gasteiger partial charge in [-0.15, -0.1) is 0 Å². The molecule has 1 aromatic heterocycles. The first-order chi connectivity index (χ1) is 8.56. The van der Waals surface area contributed by atoms with E-state index in [1.807, 2.05) is 18.7 Å². The largest absolute Gasteiger partial charge is 0.389 e.